The van der Waals surface area contributed by atoms with Gasteiger partial charge in [0.2, 0.25) is 5.91 Å². The van der Waals surface area contributed by atoms with E-state index in [0.29, 0.717) is 12.8 Å². The van der Waals surface area contributed by atoms with Gasteiger partial charge in [-0.1, -0.05) is 155 Å². The molecular formula is C42H81NO23S4. The second-order valence-electron chi connectivity index (χ2n) is 17.6. The molecule has 6 N–H and O–H groups in total. The third-order valence-electron chi connectivity index (χ3n) is 11.3. The lowest BCUT2D eigenvalue weighted by Crippen LogP contribution is -2.69. The Morgan fingerprint density at radius 3 is 1.44 bits per heavy atom. The molecule has 0 radical (unpaired) electrons. The van der Waals surface area contributed by atoms with Gasteiger partial charge in [-0.2, -0.15) is 33.7 Å². The summed E-state index contributed by atoms with van der Waals surface area (Å²) in [5, 5.41) is 12.7. The van der Waals surface area contributed by atoms with Crippen LogP contribution in [-0.4, -0.2) is 144 Å². The maximum absolute atomic E-state index is 13.2. The van der Waals surface area contributed by atoms with E-state index in [1.165, 1.54) is 83.5 Å². The first-order valence-electron chi connectivity index (χ1n) is 24.4. The predicted octanol–water partition coefficient (Wildman–Crippen LogP) is 6.26. The van der Waals surface area contributed by atoms with Crippen molar-refractivity contribution < 1.29 is 102 Å². The molecule has 1 rings (SSSR count). The zero-order chi connectivity index (χ0) is 52.7. The molecule has 28 heteroatoms. The largest absolute Gasteiger partial charge is 0.477 e. The molecule has 0 saturated carbocycles. The average molecular weight is 1100 g/mol. The van der Waals surface area contributed by atoms with E-state index < -0.39 is 115 Å². The average Bonchev–Trinajstić information content (AvgIpc) is 3.24. The minimum absolute atomic E-state index is 0.156. The number of carbonyl (C=O) groups excluding carboxylic acids is 1. The molecule has 70 heavy (non-hydrogen) atoms. The zero-order valence-electron chi connectivity index (χ0n) is 40.9. The maximum Gasteiger partial charge on any atom is 0.397 e. The van der Waals surface area contributed by atoms with Gasteiger partial charge in [-0.25, -0.2) is 21.5 Å². The summed E-state index contributed by atoms with van der Waals surface area (Å²) in [6.45, 7) is 2.91. The Balaban J connectivity index is 3.41. The molecule has 0 unspecified atom stereocenters. The van der Waals surface area contributed by atoms with Crippen molar-refractivity contribution in [2.45, 2.75) is 224 Å². The number of aliphatic carboxylic acids is 1. The minimum atomic E-state index is -5.92. The molecule has 0 bridgehead atoms. The van der Waals surface area contributed by atoms with Crippen molar-refractivity contribution in [1.82, 2.24) is 5.32 Å². The third kappa shape index (κ3) is 33.2. The van der Waals surface area contributed by atoms with Gasteiger partial charge in [0.25, 0.3) is 5.79 Å². The second-order valence-corrected chi connectivity index (χ2v) is 21.8. The minimum Gasteiger partial charge on any atom is -0.477 e. The lowest BCUT2D eigenvalue weighted by Gasteiger charge is -2.48. The molecule has 1 amide bonds. The molecule has 7 atom stereocenters. The van der Waals surface area contributed by atoms with Crippen LogP contribution in [0.4, 0.5) is 0 Å². The van der Waals surface area contributed by atoms with Gasteiger partial charge in [-0.05, 0) is 12.8 Å². The normalized spacial score (nSPS) is 20.5. The Hall–Kier alpha value is -1.74. The Morgan fingerprint density at radius 1 is 0.600 bits per heavy atom. The Morgan fingerprint density at radius 2 is 1.04 bits per heavy atom. The highest BCUT2D eigenvalue weighted by atomic mass is 32.3. The molecular weight excluding hydrogens is 1010 g/mol. The molecule has 24 nitrogen and oxygen atoms in total. The van der Waals surface area contributed by atoms with Crippen LogP contribution < -0.4 is 5.32 Å². The Kier molecular flexibility index (Phi) is 33.6. The fraction of sp³-hybridized carbons (Fsp3) is 0.952. The number of nitrogens with one attached hydrogen (secondary N) is 1. The predicted molar refractivity (Wildman–Crippen MR) is 253 cm³/mol. The van der Waals surface area contributed by atoms with Crippen molar-refractivity contribution in [3.63, 3.8) is 0 Å². The van der Waals surface area contributed by atoms with Gasteiger partial charge in [-0.15, -0.1) is 0 Å². The summed E-state index contributed by atoms with van der Waals surface area (Å²) in [5.74, 6) is -6.46. The lowest BCUT2D eigenvalue weighted by molar-refractivity contribution is -0.312. The third-order valence-corrected chi connectivity index (χ3v) is 13.2. The van der Waals surface area contributed by atoms with E-state index in [-0.39, 0.29) is 19.8 Å². The van der Waals surface area contributed by atoms with Crippen molar-refractivity contribution in [2.75, 3.05) is 33.0 Å². The van der Waals surface area contributed by atoms with Gasteiger partial charge < -0.3 is 29.4 Å². The number of rotatable bonds is 45. The summed E-state index contributed by atoms with van der Waals surface area (Å²) in [7, 11) is -23.0. The second kappa shape index (κ2) is 35.5. The molecule has 1 saturated heterocycles. The first-order chi connectivity index (χ1) is 32.8. The Bertz CT molecular complexity index is 1890. The van der Waals surface area contributed by atoms with Crippen LogP contribution in [0.3, 0.4) is 0 Å². The van der Waals surface area contributed by atoms with E-state index in [1.54, 1.807) is 0 Å². The number of hydrogen-bond donors (Lipinski definition) is 6. The monoisotopic (exact) mass is 1100 g/mol. The maximum atomic E-state index is 13.2. The molecule has 0 aromatic carbocycles. The molecule has 416 valence electrons. The quantitative estimate of drug-likeness (QED) is 0.0289. The van der Waals surface area contributed by atoms with Crippen LogP contribution in [0.15, 0.2) is 0 Å². The summed E-state index contributed by atoms with van der Waals surface area (Å²) in [6, 6.07) is -2.25. The van der Waals surface area contributed by atoms with Crippen LogP contribution in [-0.2, 0) is 86.9 Å². The van der Waals surface area contributed by atoms with E-state index in [0.717, 1.165) is 64.7 Å². The van der Waals surface area contributed by atoms with Gasteiger partial charge >= 0.3 is 47.6 Å². The SMILES string of the molecule is CCCCCCCCCCCCCCOC[C@H](CO[C@]1(C(=O)O)C[C@H](OS(=O)(=O)O)[C@@H](NC(C)=O)[C@H]([C@H](OS(=O)(=O)O)[C@@H](COS(=O)(=O)O)OS(=O)(=O)O)O1)OCCCCCCCCCCCCCC. The molecule has 1 fully saturated rings. The lowest BCUT2D eigenvalue weighted by atomic mass is 9.88. The number of amides is 1. The van der Waals surface area contributed by atoms with E-state index >= 15 is 0 Å². The molecule has 0 aromatic rings. The highest BCUT2D eigenvalue weighted by Gasteiger charge is 2.59. The van der Waals surface area contributed by atoms with E-state index in [9.17, 15) is 66.6 Å². The van der Waals surface area contributed by atoms with Crippen LogP contribution in [0.25, 0.3) is 0 Å². The van der Waals surface area contributed by atoms with E-state index in [1.807, 2.05) is 5.32 Å². The molecule has 0 aliphatic carbocycles. The number of carboxylic acids is 1. The topological polar surface area (TPSA) is 358 Å². The van der Waals surface area contributed by atoms with Crippen molar-refractivity contribution in [2.24, 2.45) is 0 Å². The molecule has 1 aliphatic rings. The van der Waals surface area contributed by atoms with Crippen LogP contribution in [0.1, 0.15) is 181 Å². The number of carbonyl (C=O) groups is 2. The van der Waals surface area contributed by atoms with Crippen LogP contribution in [0, 0.1) is 0 Å². The summed E-state index contributed by atoms with van der Waals surface area (Å²) >= 11 is 0. The fourth-order valence-electron chi connectivity index (χ4n) is 7.95. The van der Waals surface area contributed by atoms with Crippen molar-refractivity contribution >= 4 is 53.5 Å². The first kappa shape index (κ1) is 66.3. The highest BCUT2D eigenvalue weighted by Crippen LogP contribution is 2.37. The summed E-state index contributed by atoms with van der Waals surface area (Å²) in [4.78, 5) is 25.7. The number of unbranched alkanes of at least 4 members (excludes halogenated alkanes) is 22. The number of ether oxygens (including phenoxy) is 4. The number of carboxylic acid groups (broad SMARTS) is 1. The van der Waals surface area contributed by atoms with Crippen LogP contribution >= 0.6 is 0 Å². The summed E-state index contributed by atoms with van der Waals surface area (Å²) in [5.41, 5.74) is 0. The van der Waals surface area contributed by atoms with Crippen molar-refractivity contribution in [3.8, 4) is 0 Å². The standard InChI is InChI=1S/C42H81NO23S4/c1-4-6-8-10-12-14-16-18-20-22-24-26-28-59-31-35(60-29-27-25-23-21-19-17-15-13-11-9-7-5-2)32-61-42(41(45)46)30-36(64-68(50,51)52)38(43-34(3)44)40(63-42)39(66-70(56,57)58)37(65-69(53,54)55)33-62-67(47,48)49/h35-40H,4-33H2,1-3H3,(H,43,44)(H,45,46)(H,47,48,49)(H,50,51,52)(H,53,54,55)(H,56,57,58)/t35-,36+,37-,38-,39-,40-,42-/m1/s1. The van der Waals surface area contributed by atoms with Gasteiger partial charge in [0.15, 0.2) is 0 Å². The summed E-state index contributed by atoms with van der Waals surface area (Å²) in [6.07, 6.45) is 13.0. The summed E-state index contributed by atoms with van der Waals surface area (Å²) < 4.78 is 175. The molecule has 1 heterocycles. The molecule has 0 aromatic heterocycles. The Labute approximate surface area is 416 Å². The molecule has 1 aliphatic heterocycles. The van der Waals surface area contributed by atoms with Gasteiger partial charge in [0.05, 0.1) is 25.9 Å². The smallest absolute Gasteiger partial charge is 0.397 e. The van der Waals surface area contributed by atoms with Crippen molar-refractivity contribution in [1.29, 1.82) is 0 Å². The number of hydrogen-bond acceptors (Lipinski definition) is 18. The van der Waals surface area contributed by atoms with Gasteiger partial charge in [-0.3, -0.25) is 23.0 Å². The van der Waals surface area contributed by atoms with E-state index in [2.05, 4.69) is 26.4 Å². The highest BCUT2D eigenvalue weighted by molar-refractivity contribution is 7.81. The van der Waals surface area contributed by atoms with Gasteiger partial charge in [0.1, 0.15) is 30.5 Å². The first-order valence-corrected chi connectivity index (χ1v) is 29.9. The van der Waals surface area contributed by atoms with Crippen LogP contribution in [0.5, 0.6) is 0 Å². The van der Waals surface area contributed by atoms with Gasteiger partial charge in [0, 0.05) is 26.6 Å². The van der Waals surface area contributed by atoms with E-state index in [4.69, 9.17) is 23.1 Å². The molecule has 0 spiro atoms. The van der Waals surface area contributed by atoms with Crippen LogP contribution in [0.2, 0.25) is 0 Å². The zero-order valence-corrected chi connectivity index (χ0v) is 44.2. The fourth-order valence-corrected chi connectivity index (χ4v) is 9.75. The van der Waals surface area contributed by atoms with Crippen molar-refractivity contribution in [3.05, 3.63) is 0 Å².